The Hall–Kier alpha value is -0.970. The van der Waals surface area contributed by atoms with E-state index in [1.165, 1.54) is 24.1 Å². The lowest BCUT2D eigenvalue weighted by Gasteiger charge is -2.21. The minimum Gasteiger partial charge on any atom is -0.372 e. The summed E-state index contributed by atoms with van der Waals surface area (Å²) < 4.78 is 19.0. The third-order valence-electron chi connectivity index (χ3n) is 4.28. The van der Waals surface area contributed by atoms with Crippen LogP contribution in [0.15, 0.2) is 24.3 Å². The number of likely N-dealkylation sites (tertiary alicyclic amines) is 1. The van der Waals surface area contributed by atoms with Gasteiger partial charge in [0.2, 0.25) is 0 Å². The van der Waals surface area contributed by atoms with Crippen LogP contribution in [0, 0.1) is 11.7 Å². The van der Waals surface area contributed by atoms with Crippen LogP contribution in [0.3, 0.4) is 0 Å². The Morgan fingerprint density at radius 1 is 1.25 bits per heavy atom. The molecule has 0 radical (unpaired) electrons. The van der Waals surface area contributed by atoms with Gasteiger partial charge in [0.15, 0.2) is 0 Å². The van der Waals surface area contributed by atoms with Crippen LogP contribution < -0.4 is 0 Å². The quantitative estimate of drug-likeness (QED) is 0.837. The molecule has 1 aromatic carbocycles. The lowest BCUT2D eigenvalue weighted by atomic mass is 10.0. The lowest BCUT2D eigenvalue weighted by Crippen LogP contribution is -2.29. The number of hydrogen-bond donors (Lipinski definition) is 0. The molecule has 0 saturated carbocycles. The highest BCUT2D eigenvalue weighted by Crippen LogP contribution is 2.33. The van der Waals surface area contributed by atoms with Crippen LogP contribution in [0.2, 0.25) is 0 Å². The number of fused-ring (bicyclic) bond motifs is 1. The Balaban J connectivity index is 1.51. The SMILES string of the molecule is CN(C)C[C@@H]1C[C@H]2CN(Cc3ccc(F)cc3)C[C@H]2O1. The van der Waals surface area contributed by atoms with Gasteiger partial charge in [0.05, 0.1) is 12.2 Å². The van der Waals surface area contributed by atoms with E-state index in [1.807, 2.05) is 12.1 Å². The second kappa shape index (κ2) is 5.80. The highest BCUT2D eigenvalue weighted by Gasteiger charge is 2.41. The molecule has 3 nitrogen and oxygen atoms in total. The van der Waals surface area contributed by atoms with E-state index >= 15 is 0 Å². The van der Waals surface area contributed by atoms with Crippen LogP contribution in [0.1, 0.15) is 12.0 Å². The van der Waals surface area contributed by atoms with E-state index in [0.717, 1.165) is 26.2 Å². The first-order chi connectivity index (χ1) is 9.60. The van der Waals surface area contributed by atoms with Gasteiger partial charge in [-0.15, -0.1) is 0 Å². The molecule has 2 aliphatic rings. The number of hydrogen-bond acceptors (Lipinski definition) is 3. The molecule has 0 aliphatic carbocycles. The molecule has 110 valence electrons. The number of rotatable bonds is 4. The molecular formula is C16H23FN2O. The fourth-order valence-electron chi connectivity index (χ4n) is 3.45. The largest absolute Gasteiger partial charge is 0.372 e. The highest BCUT2D eigenvalue weighted by atomic mass is 19.1. The average Bonchev–Trinajstić information content (AvgIpc) is 2.89. The third-order valence-corrected chi connectivity index (χ3v) is 4.28. The first-order valence-corrected chi connectivity index (χ1v) is 7.37. The Labute approximate surface area is 120 Å². The van der Waals surface area contributed by atoms with Crippen LogP contribution in [-0.4, -0.2) is 55.7 Å². The van der Waals surface area contributed by atoms with Crippen molar-refractivity contribution in [3.05, 3.63) is 35.6 Å². The van der Waals surface area contributed by atoms with E-state index in [-0.39, 0.29) is 5.82 Å². The van der Waals surface area contributed by atoms with Gasteiger partial charge >= 0.3 is 0 Å². The first-order valence-electron chi connectivity index (χ1n) is 7.37. The molecule has 0 spiro atoms. The standard InChI is InChI=1S/C16H23FN2O/c1-18(2)10-15-7-13-9-19(11-16(13)20-15)8-12-3-5-14(17)6-4-12/h3-6,13,15-16H,7-11H2,1-2H3/t13-,15-,16+/m0/s1. The molecule has 2 aliphatic heterocycles. The topological polar surface area (TPSA) is 15.7 Å². The zero-order valence-corrected chi connectivity index (χ0v) is 12.3. The van der Waals surface area contributed by atoms with E-state index in [9.17, 15) is 4.39 Å². The lowest BCUT2D eigenvalue weighted by molar-refractivity contribution is 0.0250. The molecule has 2 fully saturated rings. The van der Waals surface area contributed by atoms with Crippen LogP contribution in [0.25, 0.3) is 0 Å². The second-order valence-corrected chi connectivity index (χ2v) is 6.38. The molecule has 20 heavy (non-hydrogen) atoms. The summed E-state index contributed by atoms with van der Waals surface area (Å²) in [5, 5.41) is 0. The zero-order valence-electron chi connectivity index (χ0n) is 12.3. The number of benzene rings is 1. The fourth-order valence-corrected chi connectivity index (χ4v) is 3.45. The molecule has 1 aromatic rings. The van der Waals surface area contributed by atoms with E-state index < -0.39 is 0 Å². The first kappa shape index (κ1) is 14.0. The molecule has 0 aromatic heterocycles. The molecule has 3 atom stereocenters. The summed E-state index contributed by atoms with van der Waals surface area (Å²) in [7, 11) is 4.19. The monoisotopic (exact) mass is 278 g/mol. The van der Waals surface area contributed by atoms with Gasteiger partial charge in [0.25, 0.3) is 0 Å². The van der Waals surface area contributed by atoms with E-state index in [2.05, 4.69) is 23.9 Å². The average molecular weight is 278 g/mol. The summed E-state index contributed by atoms with van der Waals surface area (Å²) in [4.78, 5) is 4.62. The molecule has 0 N–H and O–H groups in total. The van der Waals surface area contributed by atoms with Crippen molar-refractivity contribution in [1.29, 1.82) is 0 Å². The number of likely N-dealkylation sites (N-methyl/N-ethyl adjacent to an activating group) is 1. The summed E-state index contributed by atoms with van der Waals surface area (Å²) in [5.74, 6) is 0.502. The van der Waals surface area contributed by atoms with Crippen molar-refractivity contribution in [2.75, 3.05) is 33.7 Å². The molecule has 4 heteroatoms. The predicted octanol–water partition coefficient (Wildman–Crippen LogP) is 1.98. The van der Waals surface area contributed by atoms with Crippen molar-refractivity contribution >= 4 is 0 Å². The van der Waals surface area contributed by atoms with Crippen molar-refractivity contribution in [2.24, 2.45) is 5.92 Å². The van der Waals surface area contributed by atoms with Crippen LogP contribution >= 0.6 is 0 Å². The smallest absolute Gasteiger partial charge is 0.123 e. The molecule has 0 unspecified atom stereocenters. The molecule has 2 heterocycles. The molecule has 0 amide bonds. The van der Waals surface area contributed by atoms with Gasteiger partial charge in [-0.2, -0.15) is 0 Å². The highest BCUT2D eigenvalue weighted by molar-refractivity contribution is 5.16. The van der Waals surface area contributed by atoms with Gasteiger partial charge in [-0.1, -0.05) is 12.1 Å². The Morgan fingerprint density at radius 3 is 2.65 bits per heavy atom. The normalized spacial score (nSPS) is 30.1. The fraction of sp³-hybridized carbons (Fsp3) is 0.625. The molecule has 0 bridgehead atoms. The molecule has 2 saturated heterocycles. The van der Waals surface area contributed by atoms with Gasteiger partial charge in [0.1, 0.15) is 5.82 Å². The summed E-state index contributed by atoms with van der Waals surface area (Å²) in [6.45, 7) is 4.03. The Kier molecular flexibility index (Phi) is 4.06. The second-order valence-electron chi connectivity index (χ2n) is 6.38. The summed E-state index contributed by atoms with van der Waals surface area (Å²) in [6, 6.07) is 6.82. The Bertz CT molecular complexity index is 434. The maximum absolute atomic E-state index is 12.9. The van der Waals surface area contributed by atoms with Gasteiger partial charge in [0, 0.05) is 32.1 Å². The number of halogens is 1. The van der Waals surface area contributed by atoms with Crippen molar-refractivity contribution in [3.63, 3.8) is 0 Å². The zero-order chi connectivity index (χ0) is 14.1. The van der Waals surface area contributed by atoms with Crippen molar-refractivity contribution in [1.82, 2.24) is 9.80 Å². The van der Waals surface area contributed by atoms with Gasteiger partial charge in [-0.25, -0.2) is 4.39 Å². The van der Waals surface area contributed by atoms with E-state index in [1.54, 1.807) is 0 Å². The van der Waals surface area contributed by atoms with Crippen LogP contribution in [-0.2, 0) is 11.3 Å². The predicted molar refractivity (Wildman–Crippen MR) is 77.0 cm³/mol. The molecular weight excluding hydrogens is 255 g/mol. The van der Waals surface area contributed by atoms with E-state index in [4.69, 9.17) is 4.74 Å². The summed E-state index contributed by atoms with van der Waals surface area (Å²) in [6.07, 6.45) is 1.95. The van der Waals surface area contributed by atoms with Gasteiger partial charge in [-0.05, 0) is 38.2 Å². The molecule has 3 rings (SSSR count). The maximum Gasteiger partial charge on any atom is 0.123 e. The number of nitrogens with zero attached hydrogens (tertiary/aromatic N) is 2. The van der Waals surface area contributed by atoms with Crippen molar-refractivity contribution < 1.29 is 9.13 Å². The van der Waals surface area contributed by atoms with Gasteiger partial charge < -0.3 is 9.64 Å². The third kappa shape index (κ3) is 3.19. The van der Waals surface area contributed by atoms with Gasteiger partial charge in [-0.3, -0.25) is 4.90 Å². The maximum atomic E-state index is 12.9. The van der Waals surface area contributed by atoms with Crippen LogP contribution in [0.5, 0.6) is 0 Å². The minimum absolute atomic E-state index is 0.165. The summed E-state index contributed by atoms with van der Waals surface area (Å²) >= 11 is 0. The van der Waals surface area contributed by atoms with Crippen molar-refractivity contribution in [3.8, 4) is 0 Å². The van der Waals surface area contributed by atoms with Crippen molar-refractivity contribution in [2.45, 2.75) is 25.2 Å². The Morgan fingerprint density at radius 2 is 2.00 bits per heavy atom. The summed E-state index contributed by atoms with van der Waals surface area (Å²) in [5.41, 5.74) is 1.18. The number of ether oxygens (including phenoxy) is 1. The van der Waals surface area contributed by atoms with Crippen LogP contribution in [0.4, 0.5) is 4.39 Å². The van der Waals surface area contributed by atoms with E-state index in [0.29, 0.717) is 18.1 Å². The minimum atomic E-state index is -0.165.